The summed E-state index contributed by atoms with van der Waals surface area (Å²) >= 11 is 0. The van der Waals surface area contributed by atoms with E-state index in [0.29, 0.717) is 26.0 Å². The molecule has 2 atom stereocenters. The number of hydrogen-bond donors (Lipinski definition) is 2. The van der Waals surface area contributed by atoms with Gasteiger partial charge in [-0.3, -0.25) is 9.59 Å². The van der Waals surface area contributed by atoms with Crippen LogP contribution in [-0.2, 0) is 20.9 Å². The van der Waals surface area contributed by atoms with Gasteiger partial charge >= 0.3 is 5.97 Å². The molecule has 1 aromatic carbocycles. The zero-order chi connectivity index (χ0) is 18.1. The van der Waals surface area contributed by atoms with Gasteiger partial charge in [0.1, 0.15) is 5.75 Å². The van der Waals surface area contributed by atoms with Crippen molar-refractivity contribution in [3.8, 4) is 5.75 Å². The predicted molar refractivity (Wildman–Crippen MR) is 95.0 cm³/mol. The highest BCUT2D eigenvalue weighted by Gasteiger charge is 2.24. The number of nitrogens with one attached hydrogen (secondary N) is 1. The summed E-state index contributed by atoms with van der Waals surface area (Å²) in [5.41, 5.74) is 6.97. The quantitative estimate of drug-likeness (QED) is 0.555. The first-order chi connectivity index (χ1) is 12.1. The number of benzene rings is 1. The second-order valence-electron chi connectivity index (χ2n) is 6.51. The number of carbonyl (C=O) groups excluding carboxylic acids is 2. The molecule has 1 saturated carbocycles. The van der Waals surface area contributed by atoms with Gasteiger partial charge in [0.2, 0.25) is 5.91 Å². The molecule has 1 amide bonds. The molecule has 1 aromatic rings. The molecular weight excluding hydrogens is 320 g/mol. The Kier molecular flexibility index (Phi) is 7.73. The van der Waals surface area contributed by atoms with Crippen LogP contribution in [0.25, 0.3) is 0 Å². The highest BCUT2D eigenvalue weighted by Crippen LogP contribution is 2.23. The van der Waals surface area contributed by atoms with E-state index in [0.717, 1.165) is 37.0 Å². The lowest BCUT2D eigenvalue weighted by molar-refractivity contribution is -0.140. The molecule has 1 fully saturated rings. The molecule has 0 aromatic heterocycles. The number of nitrogens with two attached hydrogens (primary N) is 1. The van der Waals surface area contributed by atoms with Crippen molar-refractivity contribution in [2.45, 2.75) is 51.1 Å². The summed E-state index contributed by atoms with van der Waals surface area (Å²) in [6, 6.07) is 7.76. The molecule has 138 valence electrons. The summed E-state index contributed by atoms with van der Waals surface area (Å²) in [6.07, 6.45) is 4.73. The van der Waals surface area contributed by atoms with E-state index in [9.17, 15) is 9.59 Å². The number of methoxy groups -OCH3 is 1. The average Bonchev–Trinajstić information content (AvgIpc) is 2.64. The molecule has 1 aliphatic rings. The fourth-order valence-corrected chi connectivity index (χ4v) is 3.01. The molecular formula is C19H28N2O4. The minimum absolute atomic E-state index is 0.0427. The van der Waals surface area contributed by atoms with Gasteiger partial charge in [0, 0.05) is 24.9 Å². The van der Waals surface area contributed by atoms with Crippen molar-refractivity contribution in [1.29, 1.82) is 0 Å². The smallest absolute Gasteiger partial charge is 0.305 e. The van der Waals surface area contributed by atoms with Gasteiger partial charge in [-0.2, -0.15) is 0 Å². The van der Waals surface area contributed by atoms with Crippen LogP contribution in [0.15, 0.2) is 24.3 Å². The minimum atomic E-state index is -0.228. The second kappa shape index (κ2) is 10.0. The Labute approximate surface area is 149 Å². The minimum Gasteiger partial charge on any atom is -0.494 e. The van der Waals surface area contributed by atoms with Crippen molar-refractivity contribution in [2.75, 3.05) is 13.7 Å². The number of rotatable bonds is 8. The normalized spacial score (nSPS) is 19.9. The standard InChI is InChI=1S/C19H28N2O4/c1-24-18(22)6-3-11-25-17-9-7-14(8-10-17)13-21-19(23)15-4-2-5-16(20)12-15/h7-10,15-16H,2-6,11-13,20H2,1H3,(H,21,23). The molecule has 0 saturated heterocycles. The molecule has 6 heteroatoms. The Hall–Kier alpha value is -2.08. The Morgan fingerprint density at radius 2 is 2.00 bits per heavy atom. The van der Waals surface area contributed by atoms with E-state index >= 15 is 0 Å². The van der Waals surface area contributed by atoms with E-state index in [1.165, 1.54) is 7.11 Å². The van der Waals surface area contributed by atoms with Crippen LogP contribution in [0.2, 0.25) is 0 Å². The molecule has 6 nitrogen and oxygen atoms in total. The SMILES string of the molecule is COC(=O)CCCOc1ccc(CNC(=O)C2CCCC(N)C2)cc1. The van der Waals surface area contributed by atoms with Crippen LogP contribution in [0.3, 0.4) is 0 Å². The van der Waals surface area contributed by atoms with Crippen molar-refractivity contribution in [2.24, 2.45) is 11.7 Å². The van der Waals surface area contributed by atoms with Crippen LogP contribution < -0.4 is 15.8 Å². The first-order valence-corrected chi connectivity index (χ1v) is 8.90. The van der Waals surface area contributed by atoms with Gasteiger partial charge in [0.15, 0.2) is 0 Å². The van der Waals surface area contributed by atoms with Crippen molar-refractivity contribution in [1.82, 2.24) is 5.32 Å². The average molecular weight is 348 g/mol. The van der Waals surface area contributed by atoms with E-state index in [1.54, 1.807) is 0 Å². The van der Waals surface area contributed by atoms with Crippen molar-refractivity contribution in [3.63, 3.8) is 0 Å². The Bertz CT molecular complexity index is 559. The monoisotopic (exact) mass is 348 g/mol. The summed E-state index contributed by atoms with van der Waals surface area (Å²) in [6.45, 7) is 0.973. The maximum Gasteiger partial charge on any atom is 0.305 e. The van der Waals surface area contributed by atoms with Crippen LogP contribution in [0, 0.1) is 5.92 Å². The van der Waals surface area contributed by atoms with Gasteiger partial charge in [-0.15, -0.1) is 0 Å². The van der Waals surface area contributed by atoms with Crippen LogP contribution in [-0.4, -0.2) is 31.6 Å². The fraction of sp³-hybridized carbons (Fsp3) is 0.579. The molecule has 0 heterocycles. The molecule has 3 N–H and O–H groups in total. The second-order valence-corrected chi connectivity index (χ2v) is 6.51. The van der Waals surface area contributed by atoms with Crippen LogP contribution >= 0.6 is 0 Å². The third kappa shape index (κ3) is 6.74. The summed E-state index contributed by atoms with van der Waals surface area (Å²) in [4.78, 5) is 23.2. The lowest BCUT2D eigenvalue weighted by atomic mass is 9.85. The fourth-order valence-electron chi connectivity index (χ4n) is 3.01. The van der Waals surface area contributed by atoms with E-state index in [4.69, 9.17) is 10.5 Å². The Balaban J connectivity index is 1.69. The van der Waals surface area contributed by atoms with Gasteiger partial charge < -0.3 is 20.5 Å². The number of carbonyl (C=O) groups is 2. The molecule has 2 unspecified atom stereocenters. The zero-order valence-corrected chi connectivity index (χ0v) is 14.8. The third-order valence-electron chi connectivity index (χ3n) is 4.50. The van der Waals surface area contributed by atoms with E-state index < -0.39 is 0 Å². The van der Waals surface area contributed by atoms with Gasteiger partial charge in [-0.25, -0.2) is 0 Å². The Morgan fingerprint density at radius 1 is 1.24 bits per heavy atom. The molecule has 1 aliphatic carbocycles. The maximum absolute atomic E-state index is 12.2. The highest BCUT2D eigenvalue weighted by molar-refractivity contribution is 5.78. The van der Waals surface area contributed by atoms with E-state index in [-0.39, 0.29) is 23.8 Å². The maximum atomic E-state index is 12.2. The molecule has 0 bridgehead atoms. The molecule has 25 heavy (non-hydrogen) atoms. The lowest BCUT2D eigenvalue weighted by Crippen LogP contribution is -2.37. The van der Waals surface area contributed by atoms with Gasteiger partial charge in [0.25, 0.3) is 0 Å². The molecule has 2 rings (SSSR count). The van der Waals surface area contributed by atoms with Crippen molar-refractivity contribution in [3.05, 3.63) is 29.8 Å². The summed E-state index contributed by atoms with van der Waals surface area (Å²) < 4.78 is 10.2. The third-order valence-corrected chi connectivity index (χ3v) is 4.50. The lowest BCUT2D eigenvalue weighted by Gasteiger charge is -2.25. The highest BCUT2D eigenvalue weighted by atomic mass is 16.5. The largest absolute Gasteiger partial charge is 0.494 e. The molecule has 0 spiro atoms. The predicted octanol–water partition coefficient (Wildman–Crippen LogP) is 2.15. The van der Waals surface area contributed by atoms with E-state index in [1.807, 2.05) is 24.3 Å². The van der Waals surface area contributed by atoms with E-state index in [2.05, 4.69) is 10.1 Å². The van der Waals surface area contributed by atoms with Gasteiger partial charge in [-0.05, 0) is 43.4 Å². The summed E-state index contributed by atoms with van der Waals surface area (Å²) in [7, 11) is 1.38. The Morgan fingerprint density at radius 3 is 2.68 bits per heavy atom. The number of amides is 1. The zero-order valence-electron chi connectivity index (χ0n) is 14.8. The van der Waals surface area contributed by atoms with Crippen LogP contribution in [0.4, 0.5) is 0 Å². The van der Waals surface area contributed by atoms with Crippen molar-refractivity contribution < 1.29 is 19.1 Å². The summed E-state index contributed by atoms with van der Waals surface area (Å²) in [5.74, 6) is 0.659. The number of hydrogen-bond acceptors (Lipinski definition) is 5. The number of esters is 1. The molecule has 0 aliphatic heterocycles. The van der Waals surface area contributed by atoms with Crippen molar-refractivity contribution >= 4 is 11.9 Å². The first kappa shape index (κ1) is 19.2. The topological polar surface area (TPSA) is 90.6 Å². The summed E-state index contributed by atoms with van der Waals surface area (Å²) in [5, 5.41) is 2.99. The van der Waals surface area contributed by atoms with Gasteiger partial charge in [-0.1, -0.05) is 18.6 Å². The number of ether oxygens (including phenoxy) is 2. The van der Waals surface area contributed by atoms with Gasteiger partial charge in [0.05, 0.1) is 13.7 Å². The van der Waals surface area contributed by atoms with Crippen LogP contribution in [0.5, 0.6) is 5.75 Å². The first-order valence-electron chi connectivity index (χ1n) is 8.90. The van der Waals surface area contributed by atoms with Crippen LogP contribution in [0.1, 0.15) is 44.1 Å². The molecule has 0 radical (unpaired) electrons.